The first-order chi connectivity index (χ1) is 8.63. The molecule has 0 aromatic carbocycles. The van der Waals surface area contributed by atoms with Gasteiger partial charge in [0.2, 0.25) is 6.33 Å². The number of thioether (sulfide) groups is 1. The standard InChI is InChI=1S/C8H15N2O.C4H8O2S/c1-3-9-4-5-10(8-9)6-7-11-2;1-7-3-2-4(5)6/h4-5,8H,3,6-7H2,1-2H3;2-3H2,1H3,(H,5,6)/q+1;/p-1. The van der Waals surface area contributed by atoms with Crippen LogP contribution in [0.4, 0.5) is 0 Å². The van der Waals surface area contributed by atoms with Crippen molar-refractivity contribution in [2.75, 3.05) is 25.7 Å². The molecule has 0 fully saturated rings. The van der Waals surface area contributed by atoms with E-state index in [4.69, 9.17) is 4.74 Å². The van der Waals surface area contributed by atoms with Crippen molar-refractivity contribution in [3.05, 3.63) is 18.7 Å². The second-order valence-corrected chi connectivity index (χ2v) is 4.58. The van der Waals surface area contributed by atoms with Crippen LogP contribution in [0.15, 0.2) is 18.7 Å². The molecule has 0 spiro atoms. The van der Waals surface area contributed by atoms with Gasteiger partial charge in [0.25, 0.3) is 0 Å². The molecule has 1 heterocycles. The van der Waals surface area contributed by atoms with Crippen molar-refractivity contribution in [2.24, 2.45) is 0 Å². The van der Waals surface area contributed by atoms with Crippen LogP contribution in [-0.4, -0.2) is 36.3 Å². The van der Waals surface area contributed by atoms with E-state index in [1.807, 2.05) is 6.26 Å². The first kappa shape index (κ1) is 17.0. The van der Waals surface area contributed by atoms with Gasteiger partial charge in [0.05, 0.1) is 13.2 Å². The largest absolute Gasteiger partial charge is 0.550 e. The quantitative estimate of drug-likeness (QED) is 0.653. The zero-order valence-electron chi connectivity index (χ0n) is 11.3. The van der Waals surface area contributed by atoms with Crippen molar-refractivity contribution in [3.8, 4) is 0 Å². The molecule has 104 valence electrons. The minimum Gasteiger partial charge on any atom is -0.550 e. The Kier molecular flexibility index (Phi) is 10.5. The number of aliphatic carboxylic acids is 1. The fourth-order valence-electron chi connectivity index (χ4n) is 1.14. The van der Waals surface area contributed by atoms with E-state index in [9.17, 15) is 9.90 Å². The zero-order valence-corrected chi connectivity index (χ0v) is 12.1. The average molecular weight is 274 g/mol. The molecule has 18 heavy (non-hydrogen) atoms. The van der Waals surface area contributed by atoms with Gasteiger partial charge in [0.15, 0.2) is 0 Å². The van der Waals surface area contributed by atoms with Crippen LogP contribution in [0, 0.1) is 0 Å². The molecular weight excluding hydrogens is 252 g/mol. The number of carbonyl (C=O) groups is 1. The summed E-state index contributed by atoms with van der Waals surface area (Å²) >= 11 is 1.51. The highest BCUT2D eigenvalue weighted by Crippen LogP contribution is 1.92. The Morgan fingerprint density at radius 2 is 2.28 bits per heavy atom. The topological polar surface area (TPSA) is 58.2 Å². The molecule has 0 amide bonds. The molecular formula is C12H22N2O3S. The lowest BCUT2D eigenvalue weighted by Gasteiger charge is -1.95. The Hall–Kier alpha value is -1.01. The highest BCUT2D eigenvalue weighted by atomic mass is 32.2. The van der Waals surface area contributed by atoms with Crippen LogP contribution < -0.4 is 9.67 Å². The number of ether oxygens (including phenoxy) is 1. The van der Waals surface area contributed by atoms with E-state index in [0.717, 1.165) is 19.7 Å². The van der Waals surface area contributed by atoms with Crippen molar-refractivity contribution < 1.29 is 19.2 Å². The molecule has 0 aliphatic carbocycles. The molecule has 0 radical (unpaired) electrons. The number of aromatic nitrogens is 2. The van der Waals surface area contributed by atoms with E-state index in [1.165, 1.54) is 11.8 Å². The maximum atomic E-state index is 9.63. The van der Waals surface area contributed by atoms with Gasteiger partial charge in [-0.2, -0.15) is 11.8 Å². The van der Waals surface area contributed by atoms with Crippen molar-refractivity contribution in [3.63, 3.8) is 0 Å². The monoisotopic (exact) mass is 274 g/mol. The molecule has 0 N–H and O–H groups in total. The number of rotatable bonds is 7. The van der Waals surface area contributed by atoms with Gasteiger partial charge >= 0.3 is 0 Å². The van der Waals surface area contributed by atoms with Crippen LogP contribution in [0.5, 0.6) is 0 Å². The SMILES string of the molecule is CCn1cc[n+](CCOC)c1.CSCCC(=O)[O-]. The predicted molar refractivity (Wildman–Crippen MR) is 70.2 cm³/mol. The molecule has 0 aliphatic heterocycles. The third-order valence-electron chi connectivity index (χ3n) is 2.18. The minimum atomic E-state index is -0.964. The van der Waals surface area contributed by atoms with E-state index in [-0.39, 0.29) is 6.42 Å². The van der Waals surface area contributed by atoms with Gasteiger partial charge in [-0.1, -0.05) is 0 Å². The molecule has 6 heteroatoms. The number of hydrogen-bond acceptors (Lipinski definition) is 4. The molecule has 0 aliphatic rings. The molecule has 5 nitrogen and oxygen atoms in total. The number of nitrogens with zero attached hydrogens (tertiary/aromatic N) is 2. The smallest absolute Gasteiger partial charge is 0.243 e. The second kappa shape index (κ2) is 11.1. The first-order valence-corrected chi connectivity index (χ1v) is 7.26. The van der Waals surface area contributed by atoms with Gasteiger partial charge < -0.3 is 14.6 Å². The van der Waals surface area contributed by atoms with Crippen LogP contribution in [0.2, 0.25) is 0 Å². The average Bonchev–Trinajstić information content (AvgIpc) is 2.82. The number of carboxylic acid groups (broad SMARTS) is 1. The van der Waals surface area contributed by atoms with Crippen LogP contribution in [0.25, 0.3) is 0 Å². The summed E-state index contributed by atoms with van der Waals surface area (Å²) in [6.07, 6.45) is 8.24. The molecule has 1 aromatic heterocycles. The Morgan fingerprint density at radius 3 is 2.67 bits per heavy atom. The van der Waals surface area contributed by atoms with E-state index in [0.29, 0.717) is 5.75 Å². The molecule has 0 saturated carbocycles. The molecule has 1 rings (SSSR count). The van der Waals surface area contributed by atoms with Gasteiger partial charge in [0, 0.05) is 13.1 Å². The summed E-state index contributed by atoms with van der Waals surface area (Å²) in [5, 5.41) is 9.63. The van der Waals surface area contributed by atoms with Gasteiger partial charge in [-0.15, -0.1) is 0 Å². The Balaban J connectivity index is 0.000000360. The lowest BCUT2D eigenvalue weighted by atomic mass is 10.5. The van der Waals surface area contributed by atoms with Crippen molar-refractivity contribution >= 4 is 17.7 Å². The van der Waals surface area contributed by atoms with Gasteiger partial charge in [-0.3, -0.25) is 0 Å². The molecule has 0 saturated heterocycles. The Bertz CT molecular complexity index is 329. The predicted octanol–water partition coefficient (Wildman–Crippen LogP) is -0.0687. The Labute approximate surface area is 113 Å². The van der Waals surface area contributed by atoms with Crippen LogP contribution in [-0.2, 0) is 22.6 Å². The summed E-state index contributed by atoms with van der Waals surface area (Å²) in [5.74, 6) is -0.308. The highest BCUT2D eigenvalue weighted by Gasteiger charge is 1.99. The summed E-state index contributed by atoms with van der Waals surface area (Å²) in [6.45, 7) is 4.86. The third-order valence-corrected chi connectivity index (χ3v) is 2.79. The number of carboxylic acids is 1. The molecule has 1 aromatic rings. The van der Waals surface area contributed by atoms with Crippen molar-refractivity contribution in [1.82, 2.24) is 4.57 Å². The van der Waals surface area contributed by atoms with Crippen LogP contribution >= 0.6 is 11.8 Å². The fourth-order valence-corrected chi connectivity index (χ4v) is 1.51. The number of carbonyl (C=O) groups excluding carboxylic acids is 1. The second-order valence-electron chi connectivity index (χ2n) is 3.59. The zero-order chi connectivity index (χ0) is 13.8. The van der Waals surface area contributed by atoms with Gasteiger partial charge in [-0.25, -0.2) is 9.13 Å². The first-order valence-electron chi connectivity index (χ1n) is 5.86. The summed E-state index contributed by atoms with van der Waals surface area (Å²) in [6, 6.07) is 0. The number of imidazole rings is 1. The fraction of sp³-hybridized carbons (Fsp3) is 0.667. The van der Waals surface area contributed by atoms with E-state index < -0.39 is 5.97 Å². The van der Waals surface area contributed by atoms with E-state index >= 15 is 0 Å². The maximum Gasteiger partial charge on any atom is 0.243 e. The minimum absolute atomic E-state index is 0.168. The van der Waals surface area contributed by atoms with E-state index in [2.05, 4.69) is 34.8 Å². The number of hydrogen-bond donors (Lipinski definition) is 0. The van der Waals surface area contributed by atoms with Crippen molar-refractivity contribution in [2.45, 2.75) is 26.4 Å². The van der Waals surface area contributed by atoms with Crippen molar-refractivity contribution in [1.29, 1.82) is 0 Å². The summed E-state index contributed by atoms with van der Waals surface area (Å²) in [7, 11) is 1.72. The third kappa shape index (κ3) is 9.07. The van der Waals surface area contributed by atoms with E-state index in [1.54, 1.807) is 7.11 Å². The maximum absolute atomic E-state index is 9.63. The molecule has 0 unspecified atom stereocenters. The number of aryl methyl sites for hydroxylation is 1. The van der Waals surface area contributed by atoms with Crippen LogP contribution in [0.3, 0.4) is 0 Å². The summed E-state index contributed by atoms with van der Waals surface area (Å²) in [5.41, 5.74) is 0. The number of methoxy groups -OCH3 is 1. The Morgan fingerprint density at radius 1 is 1.56 bits per heavy atom. The van der Waals surface area contributed by atoms with Gasteiger partial charge in [0.1, 0.15) is 18.9 Å². The lowest BCUT2D eigenvalue weighted by Crippen LogP contribution is -2.33. The molecule has 0 bridgehead atoms. The normalized spacial score (nSPS) is 9.72. The summed E-state index contributed by atoms with van der Waals surface area (Å²) in [4.78, 5) is 9.63. The van der Waals surface area contributed by atoms with Gasteiger partial charge in [-0.05, 0) is 25.4 Å². The molecule has 0 atom stereocenters. The lowest BCUT2D eigenvalue weighted by molar-refractivity contribution is -0.697. The highest BCUT2D eigenvalue weighted by molar-refractivity contribution is 7.98. The summed E-state index contributed by atoms with van der Waals surface area (Å²) < 4.78 is 9.21. The van der Waals surface area contributed by atoms with Crippen LogP contribution in [0.1, 0.15) is 13.3 Å².